The fourth-order valence-corrected chi connectivity index (χ4v) is 2.20. The molecular weight excluding hydrogens is 242 g/mol. The number of nitrogen functional groups attached to an aromatic ring is 1. The third-order valence-corrected chi connectivity index (χ3v) is 3.09. The van der Waals surface area contributed by atoms with Crippen LogP contribution in [0, 0.1) is 5.41 Å². The Hall–Kier alpha value is -1.50. The first-order valence-corrected chi connectivity index (χ1v) is 5.62. The van der Waals surface area contributed by atoms with Crippen molar-refractivity contribution < 1.29 is 13.9 Å². The number of nitrogens with zero attached hydrogens (tertiary/aromatic N) is 3. The molecule has 0 bridgehead atoms. The van der Waals surface area contributed by atoms with E-state index in [4.69, 9.17) is 5.73 Å². The second-order valence-electron chi connectivity index (χ2n) is 5.29. The minimum Gasteiger partial charge on any atom is -0.386 e. The lowest BCUT2D eigenvalue weighted by molar-refractivity contribution is -0.160. The maximum atomic E-state index is 13.8. The molecule has 18 heavy (non-hydrogen) atoms. The van der Waals surface area contributed by atoms with Gasteiger partial charge in [-0.25, -0.2) is 13.8 Å². The molecule has 2 heterocycles. The molecule has 1 unspecified atom stereocenters. The van der Waals surface area contributed by atoms with E-state index < -0.39 is 24.0 Å². The lowest BCUT2D eigenvalue weighted by Gasteiger charge is -2.45. The van der Waals surface area contributed by atoms with Gasteiger partial charge in [0.2, 0.25) is 5.95 Å². The van der Waals surface area contributed by atoms with Crippen LogP contribution < -0.4 is 10.6 Å². The average molecular weight is 258 g/mol. The van der Waals surface area contributed by atoms with Gasteiger partial charge in [0.25, 0.3) is 5.92 Å². The summed E-state index contributed by atoms with van der Waals surface area (Å²) in [5.41, 5.74) is 4.56. The van der Waals surface area contributed by atoms with Gasteiger partial charge in [-0.1, -0.05) is 13.8 Å². The molecule has 0 aliphatic carbocycles. The monoisotopic (exact) mass is 258 g/mol. The van der Waals surface area contributed by atoms with Gasteiger partial charge in [0.1, 0.15) is 11.9 Å². The lowest BCUT2D eigenvalue weighted by Crippen LogP contribution is -2.61. The summed E-state index contributed by atoms with van der Waals surface area (Å²) in [4.78, 5) is 9.22. The van der Waals surface area contributed by atoms with Gasteiger partial charge in [-0.15, -0.1) is 0 Å². The zero-order valence-corrected chi connectivity index (χ0v) is 10.3. The smallest absolute Gasteiger partial charge is 0.291 e. The SMILES string of the molecule is CC1(C)CN(c2nccc(N)n2)CC(F)(F)C1O. The molecule has 1 aromatic rings. The lowest BCUT2D eigenvalue weighted by atomic mass is 9.79. The summed E-state index contributed by atoms with van der Waals surface area (Å²) >= 11 is 0. The van der Waals surface area contributed by atoms with Crippen molar-refractivity contribution >= 4 is 11.8 Å². The number of hydrogen-bond donors (Lipinski definition) is 2. The molecule has 0 radical (unpaired) electrons. The number of halogens is 2. The van der Waals surface area contributed by atoms with E-state index in [1.165, 1.54) is 17.2 Å². The first kappa shape index (κ1) is 12.9. The van der Waals surface area contributed by atoms with Crippen LogP contribution in [0.25, 0.3) is 0 Å². The number of aliphatic hydroxyl groups is 1. The topological polar surface area (TPSA) is 75.3 Å². The largest absolute Gasteiger partial charge is 0.386 e. The molecule has 0 spiro atoms. The van der Waals surface area contributed by atoms with Crippen LogP contribution in [0.3, 0.4) is 0 Å². The van der Waals surface area contributed by atoms with Gasteiger partial charge in [0.05, 0.1) is 6.54 Å². The third kappa shape index (κ3) is 2.22. The molecule has 1 atom stereocenters. The van der Waals surface area contributed by atoms with E-state index in [9.17, 15) is 13.9 Å². The average Bonchev–Trinajstić information content (AvgIpc) is 2.25. The van der Waals surface area contributed by atoms with E-state index in [-0.39, 0.29) is 18.3 Å². The number of nitrogens with two attached hydrogens (primary N) is 1. The molecule has 1 aliphatic heterocycles. The maximum Gasteiger partial charge on any atom is 0.291 e. The second kappa shape index (κ2) is 4.01. The van der Waals surface area contributed by atoms with Crippen molar-refractivity contribution in [3.8, 4) is 0 Å². The molecule has 0 amide bonds. The first-order valence-electron chi connectivity index (χ1n) is 5.62. The molecule has 5 nitrogen and oxygen atoms in total. The number of anilines is 2. The van der Waals surface area contributed by atoms with Crippen molar-refractivity contribution in [1.29, 1.82) is 0 Å². The molecule has 3 N–H and O–H groups in total. The van der Waals surface area contributed by atoms with Crippen molar-refractivity contribution in [2.75, 3.05) is 23.7 Å². The molecule has 0 saturated carbocycles. The molecule has 2 rings (SSSR count). The fourth-order valence-electron chi connectivity index (χ4n) is 2.20. The Labute approximate surface area is 104 Å². The number of hydrogen-bond acceptors (Lipinski definition) is 5. The molecule has 1 aromatic heterocycles. The summed E-state index contributed by atoms with van der Waals surface area (Å²) in [6, 6.07) is 1.49. The number of aliphatic hydroxyl groups excluding tert-OH is 1. The molecule has 100 valence electrons. The van der Waals surface area contributed by atoms with E-state index >= 15 is 0 Å². The van der Waals surface area contributed by atoms with E-state index in [0.717, 1.165) is 0 Å². The zero-order chi connectivity index (χ0) is 13.6. The fraction of sp³-hybridized carbons (Fsp3) is 0.636. The molecule has 1 aliphatic rings. The van der Waals surface area contributed by atoms with Gasteiger partial charge in [-0.2, -0.15) is 4.98 Å². The number of alkyl halides is 2. The summed E-state index contributed by atoms with van der Waals surface area (Å²) in [6.07, 6.45) is -0.254. The van der Waals surface area contributed by atoms with Gasteiger partial charge in [-0.05, 0) is 6.07 Å². The van der Waals surface area contributed by atoms with Gasteiger partial charge >= 0.3 is 0 Å². The summed E-state index contributed by atoms with van der Waals surface area (Å²) in [7, 11) is 0. The minimum atomic E-state index is -3.20. The van der Waals surface area contributed by atoms with Crippen molar-refractivity contribution in [2.24, 2.45) is 5.41 Å². The Morgan fingerprint density at radius 1 is 1.44 bits per heavy atom. The van der Waals surface area contributed by atoms with Gasteiger partial charge in [0, 0.05) is 18.2 Å². The predicted molar refractivity (Wildman–Crippen MR) is 63.4 cm³/mol. The van der Waals surface area contributed by atoms with Crippen molar-refractivity contribution in [2.45, 2.75) is 25.9 Å². The number of piperidine rings is 1. The highest BCUT2D eigenvalue weighted by molar-refractivity contribution is 5.39. The van der Waals surface area contributed by atoms with Crippen LogP contribution in [0.4, 0.5) is 20.5 Å². The van der Waals surface area contributed by atoms with Crippen LogP contribution in [-0.2, 0) is 0 Å². The van der Waals surface area contributed by atoms with Crippen molar-refractivity contribution in [3.63, 3.8) is 0 Å². The Morgan fingerprint density at radius 3 is 2.67 bits per heavy atom. The molecular formula is C11H16F2N4O. The molecule has 0 aromatic carbocycles. The predicted octanol–water partition coefficient (Wildman–Crippen LogP) is 0.901. The van der Waals surface area contributed by atoms with Gasteiger partial charge < -0.3 is 15.7 Å². The van der Waals surface area contributed by atoms with Gasteiger partial charge in [-0.3, -0.25) is 0 Å². The van der Waals surface area contributed by atoms with Crippen LogP contribution in [-0.4, -0.2) is 40.2 Å². The quantitative estimate of drug-likeness (QED) is 0.782. The van der Waals surface area contributed by atoms with Crippen LogP contribution in [0.15, 0.2) is 12.3 Å². The Balaban J connectivity index is 2.31. The highest BCUT2D eigenvalue weighted by Gasteiger charge is 2.53. The number of aromatic nitrogens is 2. The molecule has 7 heteroatoms. The minimum absolute atomic E-state index is 0.162. The number of rotatable bonds is 1. The van der Waals surface area contributed by atoms with E-state index in [0.29, 0.717) is 0 Å². The maximum absolute atomic E-state index is 13.8. The summed E-state index contributed by atoms with van der Waals surface area (Å²) in [5.74, 6) is -2.81. The highest BCUT2D eigenvalue weighted by Crippen LogP contribution is 2.39. The second-order valence-corrected chi connectivity index (χ2v) is 5.29. The highest BCUT2D eigenvalue weighted by atomic mass is 19.3. The normalized spacial score (nSPS) is 26.1. The third-order valence-electron chi connectivity index (χ3n) is 3.09. The van der Waals surface area contributed by atoms with Crippen LogP contribution >= 0.6 is 0 Å². The molecule has 1 fully saturated rings. The Bertz CT molecular complexity index is 434. The van der Waals surface area contributed by atoms with Crippen molar-refractivity contribution in [1.82, 2.24) is 9.97 Å². The van der Waals surface area contributed by atoms with E-state index in [1.807, 2.05) is 0 Å². The zero-order valence-electron chi connectivity index (χ0n) is 10.3. The Kier molecular flexibility index (Phi) is 2.89. The van der Waals surface area contributed by atoms with Crippen LogP contribution in [0.5, 0.6) is 0 Å². The van der Waals surface area contributed by atoms with Crippen LogP contribution in [0.1, 0.15) is 13.8 Å². The Morgan fingerprint density at radius 2 is 2.11 bits per heavy atom. The van der Waals surface area contributed by atoms with Crippen LogP contribution in [0.2, 0.25) is 0 Å². The van der Waals surface area contributed by atoms with E-state index in [2.05, 4.69) is 9.97 Å². The summed E-state index contributed by atoms with van der Waals surface area (Å²) in [6.45, 7) is 2.81. The first-order chi connectivity index (χ1) is 8.22. The summed E-state index contributed by atoms with van der Waals surface area (Å²) < 4.78 is 27.5. The van der Waals surface area contributed by atoms with Gasteiger partial charge in [0.15, 0.2) is 0 Å². The van der Waals surface area contributed by atoms with Crippen molar-refractivity contribution in [3.05, 3.63) is 12.3 Å². The molecule has 1 saturated heterocycles. The van der Waals surface area contributed by atoms with E-state index in [1.54, 1.807) is 13.8 Å². The standard InChI is InChI=1S/C11H16F2N4O/c1-10(2)5-17(6-11(12,13)8(10)18)9-15-4-3-7(14)16-9/h3-4,8,18H,5-6H2,1-2H3,(H2,14,15,16). The summed E-state index contributed by atoms with van der Waals surface area (Å²) in [5, 5.41) is 9.64.